The minimum Gasteiger partial charge on any atom is -0.480 e. The molecule has 0 aromatic carbocycles. The summed E-state index contributed by atoms with van der Waals surface area (Å²) >= 11 is 0. The molecule has 3 N–H and O–H groups in total. The zero-order valence-electron chi connectivity index (χ0n) is 15.5. The minimum atomic E-state index is -0.843. The highest BCUT2D eigenvalue weighted by molar-refractivity contribution is 8.76. The van der Waals surface area contributed by atoms with Gasteiger partial charge in [-0.05, 0) is 26.4 Å². The summed E-state index contributed by atoms with van der Waals surface area (Å²) in [6.45, 7) is 4.50. The first-order valence-electron chi connectivity index (χ1n) is 8.80. The zero-order chi connectivity index (χ0) is 18.4. The van der Waals surface area contributed by atoms with E-state index < -0.39 is 12.0 Å². The van der Waals surface area contributed by atoms with Gasteiger partial charge in [0.05, 0.1) is 6.04 Å². The Balaban J connectivity index is 3.86. The van der Waals surface area contributed by atoms with Crippen molar-refractivity contribution >= 4 is 33.3 Å². The van der Waals surface area contributed by atoms with Gasteiger partial charge in [0.15, 0.2) is 5.78 Å². The van der Waals surface area contributed by atoms with Gasteiger partial charge in [-0.1, -0.05) is 61.1 Å². The van der Waals surface area contributed by atoms with Gasteiger partial charge < -0.3 is 15.7 Å². The second-order valence-corrected chi connectivity index (χ2v) is 8.72. The van der Waals surface area contributed by atoms with Crippen molar-refractivity contribution in [3.63, 3.8) is 0 Å². The monoisotopic (exact) mass is 378 g/mol. The lowest BCUT2D eigenvalue weighted by Crippen LogP contribution is -2.37. The molecule has 3 atom stereocenters. The first kappa shape index (κ1) is 23.8. The van der Waals surface area contributed by atoms with E-state index in [1.54, 1.807) is 17.8 Å². The van der Waals surface area contributed by atoms with Crippen molar-refractivity contribution in [2.24, 2.45) is 5.92 Å². The molecule has 0 aliphatic rings. The Hall–Kier alpha value is -0.240. The molecule has 0 rings (SSSR count). The lowest BCUT2D eigenvalue weighted by atomic mass is 9.99. The Morgan fingerprint density at radius 2 is 1.58 bits per heavy atom. The van der Waals surface area contributed by atoms with E-state index in [0.29, 0.717) is 17.9 Å². The van der Waals surface area contributed by atoms with Gasteiger partial charge in [-0.3, -0.25) is 9.59 Å². The molecule has 5 nitrogen and oxygen atoms in total. The summed E-state index contributed by atoms with van der Waals surface area (Å²) in [7, 11) is 6.50. The van der Waals surface area contributed by atoms with Crippen molar-refractivity contribution in [2.45, 2.75) is 64.5 Å². The number of carbonyl (C=O) groups excluding carboxylic acids is 1. The molecule has 0 aliphatic heterocycles. The third kappa shape index (κ3) is 11.3. The third-order valence-corrected chi connectivity index (χ3v) is 6.68. The van der Waals surface area contributed by atoms with E-state index in [4.69, 9.17) is 5.11 Å². The van der Waals surface area contributed by atoms with E-state index >= 15 is 0 Å². The Morgan fingerprint density at radius 1 is 1.00 bits per heavy atom. The number of carbonyl (C=O) groups is 2. The molecule has 0 bridgehead atoms. The Kier molecular flexibility index (Phi) is 14.9. The van der Waals surface area contributed by atoms with Crippen LogP contribution >= 0.6 is 21.6 Å². The number of nitrogens with one attached hydrogen (secondary N) is 2. The second kappa shape index (κ2) is 15.0. The quantitative estimate of drug-likeness (QED) is 0.281. The maximum atomic E-state index is 12.2. The number of Topliss-reactive ketones (excluding diaryl/α,β-unsaturated/α-hetero) is 1. The molecule has 0 unspecified atom stereocenters. The standard InChI is InChI=1S/C17H34N2O3S2/c1-5-13(2)9-7-6-8-10-16(20)14(18-3)11-23-24-12-15(19-4)17(21)22/h13-15,18-19H,5-12H2,1-4H3,(H,21,22)/t13-,14+,15+/m1/s1. The molecule has 7 heteroatoms. The fraction of sp³-hybridized carbons (Fsp3) is 0.882. The Labute approximate surface area is 154 Å². The van der Waals surface area contributed by atoms with Crippen molar-refractivity contribution in [1.82, 2.24) is 10.6 Å². The summed E-state index contributed by atoms with van der Waals surface area (Å²) in [5.41, 5.74) is 0. The average Bonchev–Trinajstić information content (AvgIpc) is 2.57. The van der Waals surface area contributed by atoms with Crippen LogP contribution in [0.4, 0.5) is 0 Å². The summed E-state index contributed by atoms with van der Waals surface area (Å²) in [5.74, 6) is 1.35. The second-order valence-electron chi connectivity index (χ2n) is 6.17. The van der Waals surface area contributed by atoms with Crippen LogP contribution in [0.5, 0.6) is 0 Å². The fourth-order valence-electron chi connectivity index (χ4n) is 2.19. The van der Waals surface area contributed by atoms with Gasteiger partial charge in [0.1, 0.15) is 6.04 Å². The van der Waals surface area contributed by atoms with Gasteiger partial charge in [0, 0.05) is 17.9 Å². The van der Waals surface area contributed by atoms with Crippen LogP contribution in [-0.2, 0) is 9.59 Å². The number of hydrogen-bond acceptors (Lipinski definition) is 6. The SMILES string of the molecule is CC[C@@H](C)CCCCCC(=O)[C@H](CSSC[C@H](NC)C(=O)O)NC. The lowest BCUT2D eigenvalue weighted by Gasteiger charge is -2.15. The molecule has 24 heavy (non-hydrogen) atoms. The van der Waals surface area contributed by atoms with Gasteiger partial charge in [-0.2, -0.15) is 0 Å². The normalized spacial score (nSPS) is 15.0. The van der Waals surface area contributed by atoms with Crippen LogP contribution in [0.25, 0.3) is 0 Å². The van der Waals surface area contributed by atoms with Gasteiger partial charge >= 0.3 is 5.97 Å². The molecule has 0 aromatic rings. The molecule has 0 aromatic heterocycles. The lowest BCUT2D eigenvalue weighted by molar-refractivity contribution is -0.138. The van der Waals surface area contributed by atoms with Crippen molar-refractivity contribution < 1.29 is 14.7 Å². The molecule has 0 radical (unpaired) electrons. The molecule has 0 fully saturated rings. The molecule has 0 heterocycles. The summed E-state index contributed by atoms with van der Waals surface area (Å²) in [5, 5.41) is 14.8. The van der Waals surface area contributed by atoms with Crippen LogP contribution in [0.1, 0.15) is 52.4 Å². The first-order valence-corrected chi connectivity index (χ1v) is 11.3. The Bertz CT molecular complexity index is 357. The molecule has 0 aliphatic carbocycles. The van der Waals surface area contributed by atoms with E-state index in [0.717, 1.165) is 18.8 Å². The fourth-order valence-corrected chi connectivity index (χ4v) is 4.72. The van der Waals surface area contributed by atoms with Gasteiger partial charge in [0.25, 0.3) is 0 Å². The molecular weight excluding hydrogens is 344 g/mol. The van der Waals surface area contributed by atoms with Crippen LogP contribution in [0.2, 0.25) is 0 Å². The van der Waals surface area contributed by atoms with Gasteiger partial charge in [0.2, 0.25) is 0 Å². The number of unbranched alkanes of at least 4 members (excludes halogenated alkanes) is 2. The van der Waals surface area contributed by atoms with E-state index in [2.05, 4.69) is 24.5 Å². The molecule has 0 saturated carbocycles. The number of likely N-dealkylation sites (N-methyl/N-ethyl adjacent to an activating group) is 2. The molecule has 0 amide bonds. The van der Waals surface area contributed by atoms with Crippen molar-refractivity contribution in [3.8, 4) is 0 Å². The number of carboxylic acid groups (broad SMARTS) is 1. The Morgan fingerprint density at radius 3 is 2.08 bits per heavy atom. The molecule has 0 saturated heterocycles. The number of carboxylic acids is 1. The largest absolute Gasteiger partial charge is 0.480 e. The maximum Gasteiger partial charge on any atom is 0.321 e. The van der Waals surface area contributed by atoms with E-state index in [-0.39, 0.29) is 11.8 Å². The molecule has 0 spiro atoms. The highest BCUT2D eigenvalue weighted by Crippen LogP contribution is 2.23. The third-order valence-electron chi connectivity index (χ3n) is 4.25. The van der Waals surface area contributed by atoms with Crippen LogP contribution in [0.3, 0.4) is 0 Å². The minimum absolute atomic E-state index is 0.144. The summed E-state index contributed by atoms with van der Waals surface area (Å²) in [6, 6.07) is -0.688. The van der Waals surface area contributed by atoms with E-state index in [1.807, 2.05) is 7.05 Å². The van der Waals surface area contributed by atoms with Crippen molar-refractivity contribution in [2.75, 3.05) is 25.6 Å². The topological polar surface area (TPSA) is 78.4 Å². The summed E-state index contributed by atoms with van der Waals surface area (Å²) in [4.78, 5) is 23.1. The van der Waals surface area contributed by atoms with Crippen LogP contribution in [-0.4, -0.2) is 54.5 Å². The first-order chi connectivity index (χ1) is 11.5. The van der Waals surface area contributed by atoms with E-state index in [1.165, 1.54) is 30.1 Å². The van der Waals surface area contributed by atoms with Gasteiger partial charge in [-0.25, -0.2) is 0 Å². The highest BCUT2D eigenvalue weighted by atomic mass is 33.1. The zero-order valence-corrected chi connectivity index (χ0v) is 17.1. The highest BCUT2D eigenvalue weighted by Gasteiger charge is 2.18. The maximum absolute atomic E-state index is 12.2. The van der Waals surface area contributed by atoms with Crippen LogP contribution in [0.15, 0.2) is 0 Å². The number of aliphatic carboxylic acids is 1. The number of rotatable bonds is 16. The molecular formula is C17H34N2O3S2. The summed E-state index contributed by atoms with van der Waals surface area (Å²) < 4.78 is 0. The van der Waals surface area contributed by atoms with Crippen LogP contribution in [0, 0.1) is 5.92 Å². The average molecular weight is 379 g/mol. The number of ketones is 1. The van der Waals surface area contributed by atoms with Crippen molar-refractivity contribution in [1.29, 1.82) is 0 Å². The van der Waals surface area contributed by atoms with Crippen LogP contribution < -0.4 is 10.6 Å². The number of hydrogen-bond donors (Lipinski definition) is 3. The van der Waals surface area contributed by atoms with Crippen molar-refractivity contribution in [3.05, 3.63) is 0 Å². The smallest absolute Gasteiger partial charge is 0.321 e. The van der Waals surface area contributed by atoms with E-state index in [9.17, 15) is 9.59 Å². The predicted octanol–water partition coefficient (Wildman–Crippen LogP) is 3.19. The summed E-state index contributed by atoms with van der Waals surface area (Å²) in [6.07, 6.45) is 6.40. The van der Waals surface area contributed by atoms with Gasteiger partial charge in [-0.15, -0.1) is 0 Å². The molecule has 142 valence electrons. The predicted molar refractivity (Wildman–Crippen MR) is 106 cm³/mol.